The molecule has 0 fully saturated rings. The molecule has 0 radical (unpaired) electrons. The lowest BCUT2D eigenvalue weighted by atomic mass is 9.91. The molecule has 5 nitrogen and oxygen atoms in total. The fraction of sp³-hybridized carbons (Fsp3) is 0.269. The molecule has 0 spiro atoms. The van der Waals surface area contributed by atoms with Crippen LogP contribution in [0.5, 0.6) is 5.75 Å². The molecule has 0 saturated heterocycles. The van der Waals surface area contributed by atoms with Crippen molar-refractivity contribution in [1.29, 1.82) is 0 Å². The topological polar surface area (TPSA) is 57.4 Å². The second-order valence-electron chi connectivity index (χ2n) is 8.36. The fourth-order valence-electron chi connectivity index (χ4n) is 4.81. The maximum atomic E-state index is 11.4. The van der Waals surface area contributed by atoms with Crippen LogP contribution in [0.3, 0.4) is 0 Å². The Morgan fingerprint density at radius 3 is 2.84 bits per heavy atom. The van der Waals surface area contributed by atoms with Crippen LogP contribution in [0.4, 0.5) is 5.00 Å². The summed E-state index contributed by atoms with van der Waals surface area (Å²) in [5.74, 6) is 0.872. The van der Waals surface area contributed by atoms with Crippen molar-refractivity contribution in [1.82, 2.24) is 9.88 Å². The predicted molar refractivity (Wildman–Crippen MR) is 131 cm³/mol. The number of amides is 1. The molecule has 1 atom stereocenters. The highest BCUT2D eigenvalue weighted by atomic mass is 32.1. The zero-order valence-corrected chi connectivity index (χ0v) is 19.4. The summed E-state index contributed by atoms with van der Waals surface area (Å²) >= 11 is 1.64. The molecule has 0 aliphatic carbocycles. The minimum atomic E-state index is -0.0364. The van der Waals surface area contributed by atoms with Crippen LogP contribution in [-0.2, 0) is 17.8 Å². The summed E-state index contributed by atoms with van der Waals surface area (Å²) in [5, 5.41) is 5.12. The van der Waals surface area contributed by atoms with Gasteiger partial charge in [-0.3, -0.25) is 9.69 Å². The largest absolute Gasteiger partial charge is 0.496 e. The van der Waals surface area contributed by atoms with Crippen molar-refractivity contribution in [3.05, 3.63) is 81.9 Å². The van der Waals surface area contributed by atoms with Crippen molar-refractivity contribution < 1.29 is 9.53 Å². The molecule has 4 aromatic rings. The molecule has 1 amide bonds. The lowest BCUT2D eigenvalue weighted by Crippen LogP contribution is -2.35. The number of H-pyrrole nitrogens is 1. The fourth-order valence-corrected chi connectivity index (χ4v) is 5.79. The number of rotatable bonds is 5. The Balaban J connectivity index is 1.56. The Bertz CT molecular complexity index is 1290. The highest BCUT2D eigenvalue weighted by molar-refractivity contribution is 7.16. The van der Waals surface area contributed by atoms with Crippen LogP contribution in [0.15, 0.2) is 54.6 Å². The van der Waals surface area contributed by atoms with Gasteiger partial charge in [0, 0.05) is 41.5 Å². The van der Waals surface area contributed by atoms with Gasteiger partial charge in [0.2, 0.25) is 5.91 Å². The number of carbonyl (C=O) groups excluding carboxylic acids is 1. The second kappa shape index (κ2) is 8.45. The first kappa shape index (κ1) is 20.8. The SMILES string of the molecule is COc1ccc(C2c3[nH]c4ccccc4c3CCN2Cc2ccc(NC(C)=O)s2)cc1C. The Labute approximate surface area is 192 Å². The number of carbonyl (C=O) groups is 1. The number of nitrogens with zero attached hydrogens (tertiary/aromatic N) is 1. The quantitative estimate of drug-likeness (QED) is 0.417. The van der Waals surface area contributed by atoms with E-state index in [0.717, 1.165) is 35.8 Å². The van der Waals surface area contributed by atoms with E-state index in [1.807, 2.05) is 6.07 Å². The van der Waals surface area contributed by atoms with Gasteiger partial charge >= 0.3 is 0 Å². The molecular formula is C26H27N3O2S. The lowest BCUT2D eigenvalue weighted by molar-refractivity contribution is -0.114. The van der Waals surface area contributed by atoms with Crippen molar-refractivity contribution in [2.75, 3.05) is 19.0 Å². The number of thiophene rings is 1. The van der Waals surface area contributed by atoms with Crippen LogP contribution < -0.4 is 10.1 Å². The number of ether oxygens (including phenoxy) is 1. The maximum absolute atomic E-state index is 11.4. The molecule has 2 aromatic heterocycles. The second-order valence-corrected chi connectivity index (χ2v) is 9.53. The number of hydrogen-bond acceptors (Lipinski definition) is 4. The monoisotopic (exact) mass is 445 g/mol. The summed E-state index contributed by atoms with van der Waals surface area (Å²) in [4.78, 5) is 18.9. The normalized spacial score (nSPS) is 16.2. The van der Waals surface area contributed by atoms with E-state index in [2.05, 4.69) is 70.7 Å². The highest BCUT2D eigenvalue weighted by Crippen LogP contribution is 2.40. The first-order valence-electron chi connectivity index (χ1n) is 10.9. The van der Waals surface area contributed by atoms with Crippen molar-refractivity contribution in [3.8, 4) is 5.75 Å². The Kier molecular flexibility index (Phi) is 5.49. The summed E-state index contributed by atoms with van der Waals surface area (Å²) in [7, 11) is 1.72. The number of para-hydroxylation sites is 1. The molecule has 2 aromatic carbocycles. The molecule has 1 aliphatic rings. The van der Waals surface area contributed by atoms with Gasteiger partial charge in [0.1, 0.15) is 5.75 Å². The summed E-state index contributed by atoms with van der Waals surface area (Å²) in [6.45, 7) is 5.44. The minimum absolute atomic E-state index is 0.0364. The van der Waals surface area contributed by atoms with Gasteiger partial charge < -0.3 is 15.0 Å². The zero-order valence-electron chi connectivity index (χ0n) is 18.6. The molecule has 1 aliphatic heterocycles. The zero-order chi connectivity index (χ0) is 22.2. The third-order valence-electron chi connectivity index (χ3n) is 6.19. The Hall–Kier alpha value is -3.09. The van der Waals surface area contributed by atoms with Crippen molar-refractivity contribution >= 4 is 33.1 Å². The molecule has 0 bridgehead atoms. The minimum Gasteiger partial charge on any atom is -0.496 e. The number of aryl methyl sites for hydroxylation is 1. The van der Waals surface area contributed by atoms with Crippen LogP contribution >= 0.6 is 11.3 Å². The smallest absolute Gasteiger partial charge is 0.221 e. The van der Waals surface area contributed by atoms with E-state index < -0.39 is 0 Å². The predicted octanol–water partition coefficient (Wildman–Crippen LogP) is 5.65. The number of hydrogen-bond donors (Lipinski definition) is 2. The standard InChI is InChI=1S/C26H27N3O2S/c1-16-14-18(8-10-23(16)31-3)26-25-21(20-6-4-5-7-22(20)28-25)12-13-29(26)15-19-9-11-24(32-19)27-17(2)30/h4-11,14,26,28H,12-13,15H2,1-3H3,(H,27,30). The number of methoxy groups -OCH3 is 1. The van der Waals surface area contributed by atoms with Crippen LogP contribution in [0.2, 0.25) is 0 Å². The van der Waals surface area contributed by atoms with E-state index >= 15 is 0 Å². The molecular weight excluding hydrogens is 418 g/mol. The summed E-state index contributed by atoms with van der Waals surface area (Å²) in [6.07, 6.45) is 1.01. The van der Waals surface area contributed by atoms with E-state index in [1.54, 1.807) is 25.4 Å². The lowest BCUT2D eigenvalue weighted by Gasteiger charge is -2.36. The Morgan fingerprint density at radius 2 is 2.06 bits per heavy atom. The van der Waals surface area contributed by atoms with Crippen LogP contribution in [0, 0.1) is 6.92 Å². The van der Waals surface area contributed by atoms with Crippen molar-refractivity contribution in [3.63, 3.8) is 0 Å². The average molecular weight is 446 g/mol. The summed E-state index contributed by atoms with van der Waals surface area (Å²) < 4.78 is 5.51. The van der Waals surface area contributed by atoms with Gasteiger partial charge in [-0.15, -0.1) is 11.3 Å². The van der Waals surface area contributed by atoms with E-state index in [4.69, 9.17) is 4.74 Å². The van der Waals surface area contributed by atoms with Gasteiger partial charge in [-0.2, -0.15) is 0 Å². The molecule has 1 unspecified atom stereocenters. The van der Waals surface area contributed by atoms with E-state index in [9.17, 15) is 4.79 Å². The number of aromatic amines is 1. The molecule has 0 saturated carbocycles. The van der Waals surface area contributed by atoms with Crippen molar-refractivity contribution in [2.45, 2.75) is 32.9 Å². The number of nitrogens with one attached hydrogen (secondary N) is 2. The number of fused-ring (bicyclic) bond motifs is 3. The van der Waals surface area contributed by atoms with E-state index in [-0.39, 0.29) is 11.9 Å². The molecule has 6 heteroatoms. The van der Waals surface area contributed by atoms with Crippen LogP contribution in [0.1, 0.15) is 40.2 Å². The van der Waals surface area contributed by atoms with Gasteiger partial charge in [0.25, 0.3) is 0 Å². The number of benzene rings is 2. The average Bonchev–Trinajstić information content (AvgIpc) is 3.37. The first-order chi connectivity index (χ1) is 15.5. The van der Waals surface area contributed by atoms with Crippen molar-refractivity contribution in [2.24, 2.45) is 0 Å². The Morgan fingerprint density at radius 1 is 1.22 bits per heavy atom. The first-order valence-corrected chi connectivity index (χ1v) is 11.7. The van der Waals surface area contributed by atoms with Crippen LogP contribution in [-0.4, -0.2) is 29.4 Å². The molecule has 3 heterocycles. The highest BCUT2D eigenvalue weighted by Gasteiger charge is 2.32. The third kappa shape index (κ3) is 3.80. The number of anilines is 1. The van der Waals surface area contributed by atoms with E-state index in [0.29, 0.717) is 0 Å². The number of aromatic nitrogens is 1. The van der Waals surface area contributed by atoms with Gasteiger partial charge in [0.05, 0.1) is 18.2 Å². The van der Waals surface area contributed by atoms with Gasteiger partial charge in [-0.25, -0.2) is 0 Å². The van der Waals surface area contributed by atoms with Crippen LogP contribution in [0.25, 0.3) is 10.9 Å². The van der Waals surface area contributed by atoms with Gasteiger partial charge in [0.15, 0.2) is 0 Å². The van der Waals surface area contributed by atoms with Gasteiger partial charge in [-0.05, 0) is 54.3 Å². The molecule has 164 valence electrons. The molecule has 32 heavy (non-hydrogen) atoms. The summed E-state index contributed by atoms with van der Waals surface area (Å²) in [5.41, 5.74) is 6.28. The summed E-state index contributed by atoms with van der Waals surface area (Å²) in [6, 6.07) is 19.3. The third-order valence-corrected chi connectivity index (χ3v) is 7.17. The molecule has 5 rings (SSSR count). The van der Waals surface area contributed by atoms with Gasteiger partial charge in [-0.1, -0.05) is 30.3 Å². The molecule has 2 N–H and O–H groups in total. The van der Waals surface area contributed by atoms with E-state index in [1.165, 1.54) is 32.6 Å². The maximum Gasteiger partial charge on any atom is 0.221 e.